The maximum Gasteiger partial charge on any atom is 0.323 e. The van der Waals surface area contributed by atoms with E-state index in [9.17, 15) is 4.79 Å². The fourth-order valence-electron chi connectivity index (χ4n) is 2.52. The summed E-state index contributed by atoms with van der Waals surface area (Å²) >= 11 is 0. The normalized spacial score (nSPS) is 22.5. The van der Waals surface area contributed by atoms with Gasteiger partial charge in [-0.25, -0.2) is 0 Å². The number of carboxylic acid groups (broad SMARTS) is 1. The van der Waals surface area contributed by atoms with Gasteiger partial charge >= 0.3 is 5.97 Å². The monoisotopic (exact) mass is 268 g/mol. The number of hydrogen-bond acceptors (Lipinski definition) is 3. The van der Waals surface area contributed by atoms with Gasteiger partial charge in [0, 0.05) is 13.1 Å². The molecule has 2 fully saturated rings. The lowest BCUT2D eigenvalue weighted by Gasteiger charge is -2.23. The van der Waals surface area contributed by atoms with Crippen LogP contribution in [-0.4, -0.2) is 41.1 Å². The second-order valence-electron chi connectivity index (χ2n) is 6.83. The maximum atomic E-state index is 10.9. The fourth-order valence-corrected chi connectivity index (χ4v) is 2.52. The molecule has 0 spiro atoms. The molecule has 110 valence electrons. The SMILES string of the molecule is CC(N)(CCCCN(CC1CC1)CC1CC1)C(=O)O. The molecule has 0 aromatic rings. The lowest BCUT2D eigenvalue weighted by molar-refractivity contribution is -0.142. The van der Waals surface area contributed by atoms with Crippen LogP contribution in [0.25, 0.3) is 0 Å². The van der Waals surface area contributed by atoms with Crippen LogP contribution in [0.15, 0.2) is 0 Å². The number of nitrogens with two attached hydrogens (primary N) is 1. The van der Waals surface area contributed by atoms with Gasteiger partial charge in [-0.2, -0.15) is 0 Å². The van der Waals surface area contributed by atoms with E-state index < -0.39 is 11.5 Å². The first-order chi connectivity index (χ1) is 8.97. The van der Waals surface area contributed by atoms with Crippen LogP contribution in [0.3, 0.4) is 0 Å². The van der Waals surface area contributed by atoms with Crippen molar-refractivity contribution in [3.8, 4) is 0 Å². The highest BCUT2D eigenvalue weighted by Crippen LogP contribution is 2.33. The van der Waals surface area contributed by atoms with E-state index in [1.165, 1.54) is 38.8 Å². The summed E-state index contributed by atoms with van der Waals surface area (Å²) in [5, 5.41) is 8.97. The lowest BCUT2D eigenvalue weighted by atomic mass is 9.96. The van der Waals surface area contributed by atoms with Crippen molar-refractivity contribution in [1.29, 1.82) is 0 Å². The summed E-state index contributed by atoms with van der Waals surface area (Å²) in [4.78, 5) is 13.5. The molecule has 4 heteroatoms. The summed E-state index contributed by atoms with van der Waals surface area (Å²) in [7, 11) is 0. The molecule has 0 aliphatic heterocycles. The Bertz CT molecular complexity index is 295. The zero-order valence-corrected chi connectivity index (χ0v) is 12.1. The van der Waals surface area contributed by atoms with E-state index in [4.69, 9.17) is 10.8 Å². The van der Waals surface area contributed by atoms with Gasteiger partial charge in [-0.15, -0.1) is 0 Å². The maximum absolute atomic E-state index is 10.9. The number of unbranched alkanes of at least 4 members (excludes halogenated alkanes) is 1. The molecular weight excluding hydrogens is 240 g/mol. The molecule has 3 N–H and O–H groups in total. The van der Waals surface area contributed by atoms with Gasteiger partial charge in [0.1, 0.15) is 5.54 Å². The molecule has 0 aromatic heterocycles. The van der Waals surface area contributed by atoms with Crippen LogP contribution in [0.4, 0.5) is 0 Å². The quantitative estimate of drug-likeness (QED) is 0.595. The molecule has 4 nitrogen and oxygen atoms in total. The second-order valence-corrected chi connectivity index (χ2v) is 6.83. The minimum Gasteiger partial charge on any atom is -0.480 e. The average molecular weight is 268 g/mol. The van der Waals surface area contributed by atoms with Gasteiger partial charge in [-0.3, -0.25) is 4.79 Å². The average Bonchev–Trinajstić information content (AvgIpc) is 3.19. The molecule has 0 aromatic carbocycles. The molecule has 0 saturated heterocycles. The van der Waals surface area contributed by atoms with Crippen molar-refractivity contribution in [3.05, 3.63) is 0 Å². The van der Waals surface area contributed by atoms with Crippen molar-refractivity contribution >= 4 is 5.97 Å². The van der Waals surface area contributed by atoms with E-state index in [0.29, 0.717) is 6.42 Å². The van der Waals surface area contributed by atoms with E-state index in [2.05, 4.69) is 4.90 Å². The Kier molecular flexibility index (Phi) is 4.85. The summed E-state index contributed by atoms with van der Waals surface area (Å²) < 4.78 is 0. The minimum atomic E-state index is -1.06. The Labute approximate surface area is 116 Å². The van der Waals surface area contributed by atoms with Crippen molar-refractivity contribution in [3.63, 3.8) is 0 Å². The van der Waals surface area contributed by atoms with Gasteiger partial charge < -0.3 is 15.7 Å². The third kappa shape index (κ3) is 5.49. The molecular formula is C15H28N2O2. The Morgan fingerprint density at radius 2 is 1.74 bits per heavy atom. The van der Waals surface area contributed by atoms with Crippen LogP contribution in [-0.2, 0) is 4.79 Å². The number of carbonyl (C=O) groups is 1. The third-order valence-electron chi connectivity index (χ3n) is 4.34. The topological polar surface area (TPSA) is 66.6 Å². The molecule has 19 heavy (non-hydrogen) atoms. The van der Waals surface area contributed by atoms with Crippen molar-refractivity contribution in [2.45, 2.75) is 57.4 Å². The van der Waals surface area contributed by atoms with E-state index in [0.717, 1.165) is 31.2 Å². The molecule has 2 rings (SSSR count). The molecule has 0 heterocycles. The van der Waals surface area contributed by atoms with Crippen molar-refractivity contribution in [2.75, 3.05) is 19.6 Å². The number of nitrogens with zero attached hydrogens (tertiary/aromatic N) is 1. The molecule has 0 bridgehead atoms. The highest BCUT2D eigenvalue weighted by atomic mass is 16.4. The summed E-state index contributed by atoms with van der Waals surface area (Å²) in [5.74, 6) is 0.996. The van der Waals surface area contributed by atoms with Crippen LogP contribution in [0.5, 0.6) is 0 Å². The summed E-state index contributed by atoms with van der Waals surface area (Å²) in [5.41, 5.74) is 4.69. The van der Waals surface area contributed by atoms with Crippen molar-refractivity contribution in [2.24, 2.45) is 17.6 Å². The van der Waals surface area contributed by atoms with E-state index >= 15 is 0 Å². The predicted molar refractivity (Wildman–Crippen MR) is 76.0 cm³/mol. The Morgan fingerprint density at radius 3 is 2.16 bits per heavy atom. The smallest absolute Gasteiger partial charge is 0.323 e. The van der Waals surface area contributed by atoms with Gasteiger partial charge in [0.15, 0.2) is 0 Å². The van der Waals surface area contributed by atoms with E-state index in [1.54, 1.807) is 6.92 Å². The first-order valence-corrected chi connectivity index (χ1v) is 7.72. The minimum absolute atomic E-state index is 0.572. The molecule has 0 amide bonds. The molecule has 0 radical (unpaired) electrons. The predicted octanol–water partition coefficient (Wildman–Crippen LogP) is 2.08. The van der Waals surface area contributed by atoms with Gasteiger partial charge in [0.2, 0.25) is 0 Å². The fraction of sp³-hybridized carbons (Fsp3) is 0.933. The molecule has 1 atom stereocenters. The zero-order valence-electron chi connectivity index (χ0n) is 12.1. The van der Waals surface area contributed by atoms with Crippen molar-refractivity contribution < 1.29 is 9.90 Å². The summed E-state index contributed by atoms with van der Waals surface area (Å²) in [6, 6.07) is 0. The van der Waals surface area contributed by atoms with Gasteiger partial charge in [0.05, 0.1) is 0 Å². The van der Waals surface area contributed by atoms with Crippen LogP contribution in [0.1, 0.15) is 51.9 Å². The van der Waals surface area contributed by atoms with Gasteiger partial charge in [-0.05, 0) is 70.3 Å². The number of rotatable bonds is 10. The first-order valence-electron chi connectivity index (χ1n) is 7.72. The number of carboxylic acids is 1. The lowest BCUT2D eigenvalue weighted by Crippen LogP contribution is -2.44. The van der Waals surface area contributed by atoms with Crippen LogP contribution in [0.2, 0.25) is 0 Å². The molecule has 2 aliphatic rings. The van der Waals surface area contributed by atoms with Crippen LogP contribution < -0.4 is 5.73 Å². The Morgan fingerprint density at radius 1 is 1.21 bits per heavy atom. The number of aliphatic carboxylic acids is 1. The standard InChI is InChI=1S/C15H28N2O2/c1-15(16,14(18)19)8-2-3-9-17(10-12-4-5-12)11-13-6-7-13/h12-13H,2-11,16H2,1H3,(H,18,19). The molecule has 1 unspecified atom stereocenters. The highest BCUT2D eigenvalue weighted by molar-refractivity contribution is 5.77. The van der Waals surface area contributed by atoms with Crippen LogP contribution >= 0.6 is 0 Å². The largest absolute Gasteiger partial charge is 0.480 e. The summed E-state index contributed by atoms with van der Waals surface area (Å²) in [6.45, 7) is 5.24. The Balaban J connectivity index is 1.62. The van der Waals surface area contributed by atoms with Crippen LogP contribution in [0, 0.1) is 11.8 Å². The highest BCUT2D eigenvalue weighted by Gasteiger charge is 2.29. The molecule has 2 aliphatic carbocycles. The van der Waals surface area contributed by atoms with E-state index in [-0.39, 0.29) is 0 Å². The van der Waals surface area contributed by atoms with E-state index in [1.807, 2.05) is 0 Å². The van der Waals surface area contributed by atoms with Gasteiger partial charge in [0.25, 0.3) is 0 Å². The second kappa shape index (κ2) is 6.23. The molecule has 2 saturated carbocycles. The summed E-state index contributed by atoms with van der Waals surface area (Å²) in [6.07, 6.45) is 8.16. The first kappa shape index (κ1) is 14.8. The van der Waals surface area contributed by atoms with Crippen molar-refractivity contribution in [1.82, 2.24) is 4.90 Å². The number of hydrogen-bond donors (Lipinski definition) is 2. The Hall–Kier alpha value is -0.610. The third-order valence-corrected chi connectivity index (χ3v) is 4.34. The van der Waals surface area contributed by atoms with Gasteiger partial charge in [-0.1, -0.05) is 0 Å². The zero-order chi connectivity index (χ0) is 13.9.